The summed E-state index contributed by atoms with van der Waals surface area (Å²) in [6.45, 7) is 11.2. The molecule has 0 N–H and O–H groups in total. The summed E-state index contributed by atoms with van der Waals surface area (Å²) >= 11 is 9.46. The van der Waals surface area contributed by atoms with Crippen LogP contribution in [0.3, 0.4) is 0 Å². The topological polar surface area (TPSA) is 9.23 Å². The molecular formula is C13H20BrClOSi. The fourth-order valence-electron chi connectivity index (χ4n) is 1.17. The van der Waals surface area contributed by atoms with E-state index < -0.39 is 8.32 Å². The van der Waals surface area contributed by atoms with E-state index in [0.29, 0.717) is 5.88 Å². The molecule has 0 aliphatic carbocycles. The van der Waals surface area contributed by atoms with Gasteiger partial charge in [-0.1, -0.05) is 32.9 Å². The Bertz CT molecular complexity index is 399. The van der Waals surface area contributed by atoms with E-state index in [9.17, 15) is 0 Å². The summed E-state index contributed by atoms with van der Waals surface area (Å²) in [5.41, 5.74) is 1.07. The van der Waals surface area contributed by atoms with Crippen molar-refractivity contribution in [3.63, 3.8) is 0 Å². The normalized spacial score (nSPS) is 12.6. The van der Waals surface area contributed by atoms with E-state index >= 15 is 0 Å². The Balaban J connectivity index is 3.04. The third-order valence-electron chi connectivity index (χ3n) is 3.36. The fraction of sp³-hybridized carbons (Fsp3) is 0.538. The van der Waals surface area contributed by atoms with Crippen molar-refractivity contribution in [2.45, 2.75) is 44.8 Å². The van der Waals surface area contributed by atoms with Gasteiger partial charge in [-0.2, -0.15) is 0 Å². The van der Waals surface area contributed by atoms with Crippen molar-refractivity contribution in [1.29, 1.82) is 0 Å². The molecule has 0 spiro atoms. The zero-order valence-electron chi connectivity index (χ0n) is 11.1. The van der Waals surface area contributed by atoms with Crippen molar-refractivity contribution in [2.24, 2.45) is 0 Å². The Labute approximate surface area is 119 Å². The van der Waals surface area contributed by atoms with Gasteiger partial charge in [-0.25, -0.2) is 0 Å². The van der Waals surface area contributed by atoms with E-state index in [2.05, 4.69) is 49.8 Å². The van der Waals surface area contributed by atoms with Crippen molar-refractivity contribution in [1.82, 2.24) is 0 Å². The lowest BCUT2D eigenvalue weighted by atomic mass is 10.2. The third-order valence-corrected chi connectivity index (χ3v) is 8.89. The molecule has 96 valence electrons. The number of hydrogen-bond donors (Lipinski definition) is 0. The summed E-state index contributed by atoms with van der Waals surface area (Å²) in [5, 5.41) is 0.198. The third kappa shape index (κ3) is 3.49. The largest absolute Gasteiger partial charge is 0.543 e. The van der Waals surface area contributed by atoms with Crippen LogP contribution >= 0.6 is 27.5 Å². The van der Waals surface area contributed by atoms with Crippen molar-refractivity contribution in [3.05, 3.63) is 28.2 Å². The minimum absolute atomic E-state index is 0.198. The molecule has 0 fully saturated rings. The highest BCUT2D eigenvalue weighted by atomic mass is 79.9. The van der Waals surface area contributed by atoms with Crippen LogP contribution in [0.15, 0.2) is 22.7 Å². The smallest absolute Gasteiger partial charge is 0.250 e. The average molecular weight is 336 g/mol. The molecule has 0 saturated heterocycles. The Hall–Kier alpha value is 0.00688. The molecule has 17 heavy (non-hydrogen) atoms. The molecule has 1 aromatic rings. The van der Waals surface area contributed by atoms with Gasteiger partial charge in [0.2, 0.25) is 0 Å². The number of benzene rings is 1. The lowest BCUT2D eigenvalue weighted by molar-refractivity contribution is 0.489. The highest BCUT2D eigenvalue weighted by molar-refractivity contribution is 9.10. The SMILES string of the molecule is CC(C)(C)[Si](C)(C)Oc1cccc(CCl)c1Br. The Morgan fingerprint density at radius 3 is 2.35 bits per heavy atom. The maximum Gasteiger partial charge on any atom is 0.250 e. The molecule has 0 unspecified atom stereocenters. The average Bonchev–Trinajstić information content (AvgIpc) is 2.19. The zero-order chi connectivity index (χ0) is 13.3. The maximum absolute atomic E-state index is 6.27. The summed E-state index contributed by atoms with van der Waals surface area (Å²) in [4.78, 5) is 0. The van der Waals surface area contributed by atoms with Gasteiger partial charge in [-0.3, -0.25) is 0 Å². The van der Waals surface area contributed by atoms with Gasteiger partial charge in [-0.15, -0.1) is 11.6 Å². The monoisotopic (exact) mass is 334 g/mol. The predicted molar refractivity (Wildman–Crippen MR) is 81.5 cm³/mol. The van der Waals surface area contributed by atoms with Crippen LogP contribution in [0.25, 0.3) is 0 Å². The van der Waals surface area contributed by atoms with Crippen LogP contribution in [0.1, 0.15) is 26.3 Å². The van der Waals surface area contributed by atoms with Crippen LogP contribution in [0.4, 0.5) is 0 Å². The van der Waals surface area contributed by atoms with Crippen LogP contribution < -0.4 is 4.43 Å². The quantitative estimate of drug-likeness (QED) is 0.518. The molecule has 4 heteroatoms. The first-order valence-corrected chi connectivity index (χ1v) is 9.95. The van der Waals surface area contributed by atoms with Gasteiger partial charge in [0.1, 0.15) is 5.75 Å². The second-order valence-electron chi connectivity index (χ2n) is 5.73. The van der Waals surface area contributed by atoms with Crippen molar-refractivity contribution < 1.29 is 4.43 Å². The van der Waals surface area contributed by atoms with Crippen LogP contribution in [0.2, 0.25) is 18.1 Å². The molecule has 0 heterocycles. The number of halogens is 2. The van der Waals surface area contributed by atoms with Gasteiger partial charge >= 0.3 is 0 Å². The molecule has 0 aliphatic rings. The minimum atomic E-state index is -1.79. The fourth-order valence-corrected chi connectivity index (χ4v) is 3.21. The summed E-state index contributed by atoms with van der Waals surface area (Å²) in [6, 6.07) is 6.00. The van der Waals surface area contributed by atoms with E-state index in [4.69, 9.17) is 16.0 Å². The van der Waals surface area contributed by atoms with Gasteiger partial charge in [0.25, 0.3) is 8.32 Å². The molecule has 0 bridgehead atoms. The second kappa shape index (κ2) is 5.33. The summed E-state index contributed by atoms with van der Waals surface area (Å²) in [6.07, 6.45) is 0. The predicted octanol–water partition coefficient (Wildman–Crippen LogP) is 5.57. The van der Waals surface area contributed by atoms with Crippen LogP contribution in [0.5, 0.6) is 5.75 Å². The molecule has 0 aliphatic heterocycles. The van der Waals surface area contributed by atoms with E-state index in [1.165, 1.54) is 0 Å². The van der Waals surface area contributed by atoms with Gasteiger partial charge in [0.15, 0.2) is 0 Å². The van der Waals surface area contributed by atoms with Crippen LogP contribution in [-0.2, 0) is 5.88 Å². The summed E-state index contributed by atoms with van der Waals surface area (Å²) in [7, 11) is -1.79. The first kappa shape index (κ1) is 15.1. The lowest BCUT2D eigenvalue weighted by Crippen LogP contribution is -2.43. The zero-order valence-corrected chi connectivity index (χ0v) is 14.4. The second-order valence-corrected chi connectivity index (χ2v) is 11.5. The molecule has 1 nitrogen and oxygen atoms in total. The van der Waals surface area contributed by atoms with E-state index in [1.54, 1.807) is 0 Å². The highest BCUT2D eigenvalue weighted by Gasteiger charge is 2.39. The summed E-state index contributed by atoms with van der Waals surface area (Å²) < 4.78 is 7.26. The molecule has 0 radical (unpaired) electrons. The number of alkyl halides is 1. The first-order valence-electron chi connectivity index (χ1n) is 5.71. The van der Waals surface area contributed by atoms with Crippen LogP contribution in [-0.4, -0.2) is 8.32 Å². The van der Waals surface area contributed by atoms with Gasteiger partial charge in [0.05, 0.1) is 4.47 Å². The Morgan fingerprint density at radius 2 is 1.88 bits per heavy atom. The van der Waals surface area contributed by atoms with E-state index in [1.807, 2.05) is 18.2 Å². The highest BCUT2D eigenvalue weighted by Crippen LogP contribution is 2.40. The van der Waals surface area contributed by atoms with Gasteiger partial charge in [0, 0.05) is 5.88 Å². The standard InChI is InChI=1S/C13H20BrClOSi/c1-13(2,3)17(4,5)16-11-8-6-7-10(9-15)12(11)14/h6-8H,9H2,1-5H3. The molecule has 1 rings (SSSR count). The summed E-state index contributed by atoms with van der Waals surface area (Å²) in [5.74, 6) is 1.41. The van der Waals surface area contributed by atoms with Gasteiger partial charge < -0.3 is 4.43 Å². The molecule has 1 aromatic carbocycles. The van der Waals surface area contributed by atoms with Crippen molar-refractivity contribution in [2.75, 3.05) is 0 Å². The lowest BCUT2D eigenvalue weighted by Gasteiger charge is -2.36. The van der Waals surface area contributed by atoms with Crippen molar-refractivity contribution in [3.8, 4) is 5.75 Å². The Morgan fingerprint density at radius 1 is 1.29 bits per heavy atom. The van der Waals surface area contributed by atoms with Crippen LogP contribution in [0, 0.1) is 0 Å². The molecule has 0 amide bonds. The first-order chi connectivity index (χ1) is 7.69. The minimum Gasteiger partial charge on any atom is -0.543 e. The molecular weight excluding hydrogens is 316 g/mol. The Kier molecular flexibility index (Phi) is 4.72. The number of rotatable bonds is 3. The van der Waals surface area contributed by atoms with E-state index in [-0.39, 0.29) is 5.04 Å². The number of hydrogen-bond acceptors (Lipinski definition) is 1. The van der Waals surface area contributed by atoms with E-state index in [0.717, 1.165) is 15.8 Å². The van der Waals surface area contributed by atoms with Crippen molar-refractivity contribution >= 4 is 35.8 Å². The van der Waals surface area contributed by atoms with Gasteiger partial charge in [-0.05, 0) is 45.7 Å². The molecule has 0 saturated carbocycles. The maximum atomic E-state index is 6.27. The molecule has 0 atom stereocenters. The molecule has 0 aromatic heterocycles.